The molecule has 78 valence electrons. The van der Waals surface area contributed by atoms with Gasteiger partial charge < -0.3 is 20.3 Å². The fourth-order valence-corrected chi connectivity index (χ4v) is 1.20. The largest absolute Gasteiger partial charge is 0.395 e. The number of aliphatic hydroxyl groups is 1. The number of imidazole rings is 1. The molecule has 0 atom stereocenters. The molecule has 0 aliphatic carbocycles. The van der Waals surface area contributed by atoms with Crippen molar-refractivity contribution >= 4 is 11.7 Å². The SMILES string of the molecule is CNC(=O)c1c(NC)ncn1CCO. The fraction of sp³-hybridized carbons (Fsp3) is 0.500. The van der Waals surface area contributed by atoms with Crippen LogP contribution in [0.5, 0.6) is 0 Å². The maximum Gasteiger partial charge on any atom is 0.271 e. The number of rotatable bonds is 4. The molecule has 0 unspecified atom stereocenters. The smallest absolute Gasteiger partial charge is 0.271 e. The number of aliphatic hydroxyl groups excluding tert-OH is 1. The molecular weight excluding hydrogens is 184 g/mol. The molecule has 1 heterocycles. The highest BCUT2D eigenvalue weighted by Gasteiger charge is 2.15. The predicted molar refractivity (Wildman–Crippen MR) is 52.2 cm³/mol. The Kier molecular flexibility index (Phi) is 3.47. The van der Waals surface area contributed by atoms with Gasteiger partial charge in [-0.3, -0.25) is 4.79 Å². The van der Waals surface area contributed by atoms with Crippen molar-refractivity contribution in [3.05, 3.63) is 12.0 Å². The maximum absolute atomic E-state index is 11.5. The van der Waals surface area contributed by atoms with E-state index in [0.717, 1.165) is 0 Å². The Labute approximate surface area is 82.0 Å². The molecule has 1 amide bonds. The van der Waals surface area contributed by atoms with Crippen molar-refractivity contribution in [2.75, 3.05) is 26.0 Å². The molecule has 0 saturated heterocycles. The van der Waals surface area contributed by atoms with Crippen molar-refractivity contribution < 1.29 is 9.90 Å². The van der Waals surface area contributed by atoms with Crippen LogP contribution < -0.4 is 10.6 Å². The zero-order chi connectivity index (χ0) is 10.6. The Balaban J connectivity index is 3.05. The highest BCUT2D eigenvalue weighted by atomic mass is 16.3. The molecule has 1 aromatic heterocycles. The van der Waals surface area contributed by atoms with Crippen LogP contribution in [0.25, 0.3) is 0 Å². The Bertz CT molecular complexity index is 321. The molecule has 0 saturated carbocycles. The van der Waals surface area contributed by atoms with Crippen LogP contribution in [-0.2, 0) is 6.54 Å². The minimum atomic E-state index is -0.222. The number of carbonyl (C=O) groups excluding carboxylic acids is 1. The van der Waals surface area contributed by atoms with Crippen LogP contribution in [0.4, 0.5) is 5.82 Å². The minimum absolute atomic E-state index is 0.0243. The quantitative estimate of drug-likeness (QED) is 0.596. The zero-order valence-corrected chi connectivity index (χ0v) is 8.24. The minimum Gasteiger partial charge on any atom is -0.395 e. The second-order valence-corrected chi connectivity index (χ2v) is 2.69. The third kappa shape index (κ3) is 1.85. The average Bonchev–Trinajstić information content (AvgIpc) is 2.60. The average molecular weight is 198 g/mol. The molecule has 1 aromatic rings. The van der Waals surface area contributed by atoms with E-state index in [1.54, 1.807) is 18.7 Å². The second kappa shape index (κ2) is 4.61. The number of nitrogens with zero attached hydrogens (tertiary/aromatic N) is 2. The van der Waals surface area contributed by atoms with Crippen molar-refractivity contribution in [1.29, 1.82) is 0 Å². The summed E-state index contributed by atoms with van der Waals surface area (Å²) >= 11 is 0. The maximum atomic E-state index is 11.5. The van der Waals surface area contributed by atoms with Crippen LogP contribution in [0, 0.1) is 0 Å². The lowest BCUT2D eigenvalue weighted by Crippen LogP contribution is -2.23. The first kappa shape index (κ1) is 10.5. The summed E-state index contributed by atoms with van der Waals surface area (Å²) < 4.78 is 1.60. The molecule has 0 aliphatic heterocycles. The normalized spacial score (nSPS) is 9.93. The standard InChI is InChI=1S/C8H14N4O2/c1-9-7-6(8(14)10-2)12(3-4-13)5-11-7/h5,9,13H,3-4H2,1-2H3,(H,10,14). The van der Waals surface area contributed by atoms with Crippen LogP contribution in [0.3, 0.4) is 0 Å². The van der Waals surface area contributed by atoms with E-state index in [4.69, 9.17) is 5.11 Å². The van der Waals surface area contributed by atoms with Crippen molar-refractivity contribution in [1.82, 2.24) is 14.9 Å². The number of aromatic nitrogens is 2. The number of hydrogen-bond donors (Lipinski definition) is 3. The summed E-state index contributed by atoms with van der Waals surface area (Å²) in [6.07, 6.45) is 1.52. The number of anilines is 1. The van der Waals surface area contributed by atoms with Crippen LogP contribution in [0.15, 0.2) is 6.33 Å². The summed E-state index contributed by atoms with van der Waals surface area (Å²) in [6, 6.07) is 0. The summed E-state index contributed by atoms with van der Waals surface area (Å²) in [4.78, 5) is 15.5. The fourth-order valence-electron chi connectivity index (χ4n) is 1.20. The third-order valence-corrected chi connectivity index (χ3v) is 1.86. The highest BCUT2D eigenvalue weighted by molar-refractivity contribution is 5.97. The number of nitrogens with one attached hydrogen (secondary N) is 2. The van der Waals surface area contributed by atoms with Gasteiger partial charge in [0.1, 0.15) is 0 Å². The molecule has 0 aliphatic rings. The van der Waals surface area contributed by atoms with Gasteiger partial charge in [0.2, 0.25) is 0 Å². The molecule has 14 heavy (non-hydrogen) atoms. The predicted octanol–water partition coefficient (Wildman–Crippen LogP) is -0.723. The Morgan fingerprint density at radius 2 is 2.36 bits per heavy atom. The monoisotopic (exact) mass is 198 g/mol. The molecule has 0 radical (unpaired) electrons. The molecule has 0 aromatic carbocycles. The summed E-state index contributed by atoms with van der Waals surface area (Å²) in [6.45, 7) is 0.334. The van der Waals surface area contributed by atoms with E-state index >= 15 is 0 Å². The summed E-state index contributed by atoms with van der Waals surface area (Å²) in [7, 11) is 3.25. The Morgan fingerprint density at radius 1 is 1.64 bits per heavy atom. The van der Waals surface area contributed by atoms with Gasteiger partial charge in [-0.2, -0.15) is 0 Å². The molecule has 0 bridgehead atoms. The van der Waals surface area contributed by atoms with Crippen LogP contribution in [0.2, 0.25) is 0 Å². The van der Waals surface area contributed by atoms with E-state index < -0.39 is 0 Å². The van der Waals surface area contributed by atoms with E-state index in [9.17, 15) is 4.79 Å². The van der Waals surface area contributed by atoms with Crippen LogP contribution in [-0.4, -0.2) is 41.3 Å². The first-order valence-corrected chi connectivity index (χ1v) is 4.30. The lowest BCUT2D eigenvalue weighted by molar-refractivity contribution is 0.0953. The van der Waals surface area contributed by atoms with Crippen molar-refractivity contribution in [2.24, 2.45) is 0 Å². The van der Waals surface area contributed by atoms with Crippen LogP contribution in [0.1, 0.15) is 10.5 Å². The van der Waals surface area contributed by atoms with Crippen molar-refractivity contribution in [2.45, 2.75) is 6.54 Å². The van der Waals surface area contributed by atoms with Gasteiger partial charge in [-0.15, -0.1) is 0 Å². The number of carbonyl (C=O) groups is 1. The van der Waals surface area contributed by atoms with Gasteiger partial charge in [-0.05, 0) is 0 Å². The molecular formula is C8H14N4O2. The van der Waals surface area contributed by atoms with Crippen molar-refractivity contribution in [3.8, 4) is 0 Å². The highest BCUT2D eigenvalue weighted by Crippen LogP contribution is 2.12. The number of hydrogen-bond acceptors (Lipinski definition) is 4. The van der Waals surface area contributed by atoms with E-state index in [1.807, 2.05) is 0 Å². The van der Waals surface area contributed by atoms with E-state index in [-0.39, 0.29) is 12.5 Å². The first-order valence-electron chi connectivity index (χ1n) is 4.30. The molecule has 6 nitrogen and oxygen atoms in total. The van der Waals surface area contributed by atoms with E-state index in [1.165, 1.54) is 6.33 Å². The first-order chi connectivity index (χ1) is 6.74. The van der Waals surface area contributed by atoms with Gasteiger partial charge in [0.15, 0.2) is 11.5 Å². The number of amides is 1. The Hall–Kier alpha value is -1.56. The Morgan fingerprint density at radius 3 is 2.86 bits per heavy atom. The topological polar surface area (TPSA) is 79.2 Å². The van der Waals surface area contributed by atoms with Gasteiger partial charge in [-0.1, -0.05) is 0 Å². The van der Waals surface area contributed by atoms with Crippen LogP contribution >= 0.6 is 0 Å². The van der Waals surface area contributed by atoms with Crippen molar-refractivity contribution in [3.63, 3.8) is 0 Å². The van der Waals surface area contributed by atoms with Gasteiger partial charge in [0, 0.05) is 20.6 Å². The van der Waals surface area contributed by atoms with Gasteiger partial charge in [0.25, 0.3) is 5.91 Å². The van der Waals surface area contributed by atoms with Gasteiger partial charge in [0.05, 0.1) is 12.9 Å². The molecule has 0 fully saturated rings. The third-order valence-electron chi connectivity index (χ3n) is 1.86. The molecule has 1 rings (SSSR count). The second-order valence-electron chi connectivity index (χ2n) is 2.69. The zero-order valence-electron chi connectivity index (χ0n) is 8.24. The molecule has 6 heteroatoms. The molecule has 0 spiro atoms. The van der Waals surface area contributed by atoms with Gasteiger partial charge in [-0.25, -0.2) is 4.98 Å². The van der Waals surface area contributed by atoms with E-state index in [2.05, 4.69) is 15.6 Å². The van der Waals surface area contributed by atoms with Gasteiger partial charge >= 0.3 is 0 Å². The molecule has 3 N–H and O–H groups in total. The van der Waals surface area contributed by atoms with E-state index in [0.29, 0.717) is 18.1 Å². The lowest BCUT2D eigenvalue weighted by Gasteiger charge is -2.06. The summed E-state index contributed by atoms with van der Waals surface area (Å²) in [5.74, 6) is 0.290. The summed E-state index contributed by atoms with van der Waals surface area (Å²) in [5, 5.41) is 14.1. The summed E-state index contributed by atoms with van der Waals surface area (Å²) in [5.41, 5.74) is 0.434. The lowest BCUT2D eigenvalue weighted by atomic mass is 10.4.